The molecule has 126 valence electrons. The number of hydrogen-bond donors (Lipinski definition) is 1. The van der Waals surface area contributed by atoms with Crippen LogP contribution in [0.25, 0.3) is 0 Å². The number of fused-ring (bicyclic) bond motifs is 1. The average molecular weight is 323 g/mol. The van der Waals surface area contributed by atoms with Crippen molar-refractivity contribution in [3.63, 3.8) is 0 Å². The van der Waals surface area contributed by atoms with E-state index in [1.165, 1.54) is 16.7 Å². The minimum atomic E-state index is -0.853. The van der Waals surface area contributed by atoms with Crippen molar-refractivity contribution >= 4 is 6.09 Å². The van der Waals surface area contributed by atoms with Crippen molar-refractivity contribution in [2.45, 2.75) is 51.6 Å². The fraction of sp³-hybridized carbons (Fsp3) is 0.381. The minimum Gasteiger partial charge on any atom is -0.465 e. The lowest BCUT2D eigenvalue weighted by molar-refractivity contribution is 0.114. The van der Waals surface area contributed by atoms with Gasteiger partial charge in [-0.15, -0.1) is 0 Å². The Bertz CT molecular complexity index is 746. The molecule has 2 unspecified atom stereocenters. The molecule has 0 radical (unpaired) electrons. The van der Waals surface area contributed by atoms with E-state index in [0.29, 0.717) is 6.54 Å². The van der Waals surface area contributed by atoms with Gasteiger partial charge >= 0.3 is 6.09 Å². The zero-order valence-electron chi connectivity index (χ0n) is 14.8. The third kappa shape index (κ3) is 2.91. The summed E-state index contributed by atoms with van der Waals surface area (Å²) >= 11 is 0. The zero-order valence-corrected chi connectivity index (χ0v) is 14.8. The first kappa shape index (κ1) is 16.6. The van der Waals surface area contributed by atoms with Crippen molar-refractivity contribution in [2.24, 2.45) is 0 Å². The second-order valence-corrected chi connectivity index (χ2v) is 7.70. The van der Waals surface area contributed by atoms with Crippen LogP contribution in [0.15, 0.2) is 48.5 Å². The van der Waals surface area contributed by atoms with Gasteiger partial charge in [0.2, 0.25) is 0 Å². The zero-order chi connectivity index (χ0) is 17.5. The molecule has 0 spiro atoms. The van der Waals surface area contributed by atoms with Gasteiger partial charge in [-0.2, -0.15) is 0 Å². The third-order valence-corrected chi connectivity index (χ3v) is 5.07. The molecule has 0 fully saturated rings. The highest BCUT2D eigenvalue weighted by Gasteiger charge is 2.36. The average Bonchev–Trinajstić information content (AvgIpc) is 2.53. The third-order valence-electron chi connectivity index (χ3n) is 5.07. The van der Waals surface area contributed by atoms with Crippen LogP contribution in [0.5, 0.6) is 0 Å². The molecule has 3 rings (SSSR count). The highest BCUT2D eigenvalue weighted by Crippen LogP contribution is 2.40. The number of carbonyl (C=O) groups is 1. The topological polar surface area (TPSA) is 40.5 Å². The van der Waals surface area contributed by atoms with Crippen LogP contribution in [0.1, 0.15) is 55.9 Å². The maximum Gasteiger partial charge on any atom is 0.407 e. The van der Waals surface area contributed by atoms with Gasteiger partial charge in [0.25, 0.3) is 0 Å². The van der Waals surface area contributed by atoms with Crippen LogP contribution in [0.3, 0.4) is 0 Å². The quantitative estimate of drug-likeness (QED) is 0.802. The van der Waals surface area contributed by atoms with Crippen LogP contribution in [-0.4, -0.2) is 22.1 Å². The van der Waals surface area contributed by atoms with E-state index in [0.717, 1.165) is 5.56 Å². The number of rotatable bonds is 1. The Kier molecular flexibility index (Phi) is 4.12. The largest absolute Gasteiger partial charge is 0.465 e. The molecule has 3 nitrogen and oxygen atoms in total. The molecule has 1 aliphatic heterocycles. The maximum atomic E-state index is 11.7. The van der Waals surface area contributed by atoms with Crippen molar-refractivity contribution in [3.05, 3.63) is 70.8 Å². The predicted molar refractivity (Wildman–Crippen MR) is 96.5 cm³/mol. The van der Waals surface area contributed by atoms with Gasteiger partial charge in [-0.1, -0.05) is 69.3 Å². The smallest absolute Gasteiger partial charge is 0.407 e. The van der Waals surface area contributed by atoms with Crippen LogP contribution in [0.4, 0.5) is 4.79 Å². The summed E-state index contributed by atoms with van der Waals surface area (Å²) in [6.45, 7) is 9.10. The second kappa shape index (κ2) is 5.97. The van der Waals surface area contributed by atoms with Gasteiger partial charge in [-0.3, -0.25) is 0 Å². The first-order valence-electron chi connectivity index (χ1n) is 8.47. The van der Waals surface area contributed by atoms with Crippen LogP contribution in [0.2, 0.25) is 0 Å². The van der Waals surface area contributed by atoms with E-state index in [4.69, 9.17) is 0 Å². The van der Waals surface area contributed by atoms with Gasteiger partial charge in [0.1, 0.15) is 0 Å². The minimum absolute atomic E-state index is 0.0633. The van der Waals surface area contributed by atoms with Crippen molar-refractivity contribution in [1.82, 2.24) is 4.90 Å². The van der Waals surface area contributed by atoms with E-state index in [1.807, 2.05) is 25.1 Å². The van der Waals surface area contributed by atoms with E-state index in [-0.39, 0.29) is 17.4 Å². The first-order valence-corrected chi connectivity index (χ1v) is 8.47. The standard InChI is InChI=1S/C21H25NO2/c1-14-19(15-8-6-5-7-9-15)18-12-17(21(2,3)4)11-10-16(18)13-22(14)20(23)24/h5-12,14,19H,13H2,1-4H3,(H,23,24). The van der Waals surface area contributed by atoms with Crippen LogP contribution < -0.4 is 0 Å². The monoisotopic (exact) mass is 323 g/mol. The summed E-state index contributed by atoms with van der Waals surface area (Å²) in [6, 6.07) is 16.7. The lowest BCUT2D eigenvalue weighted by atomic mass is 9.76. The van der Waals surface area contributed by atoms with Gasteiger partial charge in [0.15, 0.2) is 0 Å². The molecule has 0 saturated heterocycles. The number of nitrogens with zero attached hydrogens (tertiary/aromatic N) is 1. The normalized spacial score (nSPS) is 20.6. The Morgan fingerprint density at radius 2 is 1.79 bits per heavy atom. The Labute approximate surface area is 143 Å². The molecular weight excluding hydrogens is 298 g/mol. The lowest BCUT2D eigenvalue weighted by Gasteiger charge is -2.40. The molecule has 1 amide bonds. The van der Waals surface area contributed by atoms with Crippen LogP contribution in [0, 0.1) is 0 Å². The van der Waals surface area contributed by atoms with Gasteiger partial charge in [-0.05, 0) is 34.6 Å². The summed E-state index contributed by atoms with van der Waals surface area (Å²) in [5, 5.41) is 9.61. The summed E-state index contributed by atoms with van der Waals surface area (Å²) in [4.78, 5) is 13.3. The van der Waals surface area contributed by atoms with Crippen molar-refractivity contribution < 1.29 is 9.90 Å². The first-order chi connectivity index (χ1) is 11.3. The van der Waals surface area contributed by atoms with E-state index < -0.39 is 6.09 Å². The summed E-state index contributed by atoms with van der Waals surface area (Å²) < 4.78 is 0. The highest BCUT2D eigenvalue weighted by molar-refractivity contribution is 5.67. The molecule has 0 aliphatic carbocycles. The molecule has 0 bridgehead atoms. The molecule has 1 N–H and O–H groups in total. The van der Waals surface area contributed by atoms with Crippen LogP contribution in [-0.2, 0) is 12.0 Å². The molecule has 1 aliphatic rings. The molecule has 24 heavy (non-hydrogen) atoms. The van der Waals surface area contributed by atoms with Gasteiger partial charge in [0, 0.05) is 18.5 Å². The van der Waals surface area contributed by atoms with Crippen molar-refractivity contribution in [2.75, 3.05) is 0 Å². The number of carboxylic acid groups (broad SMARTS) is 1. The lowest BCUT2D eigenvalue weighted by Crippen LogP contribution is -2.44. The van der Waals surface area contributed by atoms with Gasteiger partial charge in [-0.25, -0.2) is 4.79 Å². The Hall–Kier alpha value is -2.29. The molecule has 3 heteroatoms. The van der Waals surface area contributed by atoms with Gasteiger partial charge < -0.3 is 10.0 Å². The number of amides is 1. The fourth-order valence-electron chi connectivity index (χ4n) is 3.62. The van der Waals surface area contributed by atoms with E-state index in [1.54, 1.807) is 4.90 Å². The molecule has 2 atom stereocenters. The number of hydrogen-bond acceptors (Lipinski definition) is 1. The molecule has 1 heterocycles. The van der Waals surface area contributed by atoms with Crippen molar-refractivity contribution in [3.8, 4) is 0 Å². The molecule has 0 saturated carbocycles. The van der Waals surface area contributed by atoms with E-state index >= 15 is 0 Å². The number of benzene rings is 2. The van der Waals surface area contributed by atoms with E-state index in [2.05, 4.69) is 51.1 Å². The fourth-order valence-corrected chi connectivity index (χ4v) is 3.62. The van der Waals surface area contributed by atoms with Crippen LogP contribution >= 0.6 is 0 Å². The second-order valence-electron chi connectivity index (χ2n) is 7.70. The summed E-state index contributed by atoms with van der Waals surface area (Å²) in [7, 11) is 0. The SMILES string of the molecule is CC1C(c2ccccc2)c2cc(C(C)(C)C)ccc2CN1C(=O)O. The van der Waals surface area contributed by atoms with Gasteiger partial charge in [0.05, 0.1) is 0 Å². The Balaban J connectivity index is 2.17. The predicted octanol–water partition coefficient (Wildman–Crippen LogP) is 5.00. The molecule has 0 aromatic heterocycles. The Morgan fingerprint density at radius 3 is 2.38 bits per heavy atom. The molecule has 2 aromatic carbocycles. The molecule has 2 aromatic rings. The van der Waals surface area contributed by atoms with E-state index in [9.17, 15) is 9.90 Å². The Morgan fingerprint density at radius 1 is 1.12 bits per heavy atom. The summed E-state index contributed by atoms with van der Waals surface area (Å²) in [5.74, 6) is 0.0633. The highest BCUT2D eigenvalue weighted by atomic mass is 16.4. The van der Waals surface area contributed by atoms with Crippen molar-refractivity contribution in [1.29, 1.82) is 0 Å². The molecular formula is C21H25NO2. The summed E-state index contributed by atoms with van der Waals surface area (Å²) in [6.07, 6.45) is -0.853. The maximum absolute atomic E-state index is 11.7. The summed E-state index contributed by atoms with van der Waals surface area (Å²) in [5.41, 5.74) is 4.90.